The molecule has 2 aromatic rings. The van der Waals surface area contributed by atoms with Crippen LogP contribution in [0, 0.1) is 13.8 Å². The molecule has 4 nitrogen and oxygen atoms in total. The number of nitrogens with one attached hydrogen (secondary N) is 1. The molecule has 0 amide bonds. The average molecular weight is 249 g/mol. The molecule has 0 atom stereocenters. The predicted octanol–water partition coefficient (Wildman–Crippen LogP) is 2.75. The number of pyridine rings is 1. The fourth-order valence-electron chi connectivity index (χ4n) is 1.38. The van der Waals surface area contributed by atoms with Crippen LogP contribution in [-0.4, -0.2) is 15.0 Å². The quantitative estimate of drug-likeness (QED) is 0.908. The first-order chi connectivity index (χ1) is 8.16. The minimum Gasteiger partial charge on any atom is -0.363 e. The molecule has 0 aliphatic heterocycles. The molecule has 2 aromatic heterocycles. The number of aromatic nitrogens is 3. The van der Waals surface area contributed by atoms with Gasteiger partial charge in [0.05, 0.1) is 11.4 Å². The molecule has 5 heteroatoms. The summed E-state index contributed by atoms with van der Waals surface area (Å²) in [6.45, 7) is 4.43. The van der Waals surface area contributed by atoms with Crippen molar-refractivity contribution in [1.29, 1.82) is 0 Å². The first kappa shape index (κ1) is 11.8. The second kappa shape index (κ2) is 5.10. The van der Waals surface area contributed by atoms with Crippen LogP contribution >= 0.6 is 11.6 Å². The monoisotopic (exact) mass is 248 g/mol. The summed E-state index contributed by atoms with van der Waals surface area (Å²) in [7, 11) is 0. The molecule has 0 spiro atoms. The summed E-state index contributed by atoms with van der Waals surface area (Å²) in [5.74, 6) is 0.610. The first-order valence-electron chi connectivity index (χ1n) is 5.30. The maximum atomic E-state index is 6.02. The van der Waals surface area contributed by atoms with E-state index in [1.54, 1.807) is 12.4 Å². The van der Waals surface area contributed by atoms with Crippen LogP contribution in [0.2, 0.25) is 5.15 Å². The van der Waals surface area contributed by atoms with Gasteiger partial charge in [0.1, 0.15) is 0 Å². The highest BCUT2D eigenvalue weighted by Gasteiger charge is 2.06. The number of anilines is 1. The molecule has 0 aliphatic rings. The lowest BCUT2D eigenvalue weighted by Crippen LogP contribution is -2.05. The van der Waals surface area contributed by atoms with Gasteiger partial charge < -0.3 is 5.32 Å². The van der Waals surface area contributed by atoms with Gasteiger partial charge >= 0.3 is 0 Å². The standard InChI is InChI=1S/C12H13ClN4/c1-8-9(2)17-12(11(13)16-8)15-7-10-4-3-5-14-6-10/h3-6H,7H2,1-2H3,(H,15,17). The molecule has 17 heavy (non-hydrogen) atoms. The van der Waals surface area contributed by atoms with Gasteiger partial charge in [-0.2, -0.15) is 0 Å². The lowest BCUT2D eigenvalue weighted by atomic mass is 10.3. The SMILES string of the molecule is Cc1nc(Cl)c(NCc2cccnc2)nc1C. The Morgan fingerprint density at radius 3 is 2.71 bits per heavy atom. The van der Waals surface area contributed by atoms with Crippen LogP contribution in [0.1, 0.15) is 17.0 Å². The zero-order valence-corrected chi connectivity index (χ0v) is 10.5. The second-order valence-corrected chi connectivity index (χ2v) is 4.11. The summed E-state index contributed by atoms with van der Waals surface area (Å²) in [5, 5.41) is 3.55. The van der Waals surface area contributed by atoms with E-state index in [1.807, 2.05) is 26.0 Å². The van der Waals surface area contributed by atoms with Crippen LogP contribution in [-0.2, 0) is 6.54 Å². The van der Waals surface area contributed by atoms with Crippen molar-refractivity contribution in [3.63, 3.8) is 0 Å². The third-order valence-electron chi connectivity index (χ3n) is 2.45. The fraction of sp³-hybridized carbons (Fsp3) is 0.250. The van der Waals surface area contributed by atoms with Gasteiger partial charge in [-0.25, -0.2) is 9.97 Å². The number of hydrogen-bond donors (Lipinski definition) is 1. The summed E-state index contributed by atoms with van der Waals surface area (Å²) in [6.07, 6.45) is 3.54. The molecule has 0 aliphatic carbocycles. The summed E-state index contributed by atoms with van der Waals surface area (Å²) >= 11 is 6.02. The molecular formula is C12H13ClN4. The highest BCUT2D eigenvalue weighted by Crippen LogP contribution is 2.18. The van der Waals surface area contributed by atoms with Crippen molar-refractivity contribution in [2.45, 2.75) is 20.4 Å². The molecule has 0 radical (unpaired) electrons. The van der Waals surface area contributed by atoms with E-state index >= 15 is 0 Å². The number of nitrogens with zero attached hydrogens (tertiary/aromatic N) is 3. The third kappa shape index (κ3) is 2.91. The van der Waals surface area contributed by atoms with Crippen LogP contribution in [0.15, 0.2) is 24.5 Å². The minimum absolute atomic E-state index is 0.400. The molecule has 1 N–H and O–H groups in total. The topological polar surface area (TPSA) is 50.7 Å². The normalized spacial score (nSPS) is 10.3. The van der Waals surface area contributed by atoms with E-state index < -0.39 is 0 Å². The number of hydrogen-bond acceptors (Lipinski definition) is 4. The Labute approximate surface area is 105 Å². The molecule has 0 unspecified atom stereocenters. The Kier molecular flexibility index (Phi) is 3.54. The summed E-state index contributed by atoms with van der Waals surface area (Å²) in [6, 6.07) is 3.88. The van der Waals surface area contributed by atoms with Gasteiger partial charge in [0.2, 0.25) is 0 Å². The number of aryl methyl sites for hydroxylation is 2. The zero-order valence-electron chi connectivity index (χ0n) is 9.74. The van der Waals surface area contributed by atoms with Crippen molar-refractivity contribution in [1.82, 2.24) is 15.0 Å². The molecule has 2 rings (SSSR count). The summed E-state index contributed by atoms with van der Waals surface area (Å²) in [4.78, 5) is 12.6. The van der Waals surface area contributed by atoms with Crippen molar-refractivity contribution in [3.8, 4) is 0 Å². The van der Waals surface area contributed by atoms with E-state index in [4.69, 9.17) is 11.6 Å². The Balaban J connectivity index is 2.12. The average Bonchev–Trinajstić information content (AvgIpc) is 2.33. The van der Waals surface area contributed by atoms with Crippen molar-refractivity contribution >= 4 is 17.4 Å². The van der Waals surface area contributed by atoms with Crippen LogP contribution < -0.4 is 5.32 Å². The van der Waals surface area contributed by atoms with Gasteiger partial charge in [0.25, 0.3) is 0 Å². The lowest BCUT2D eigenvalue weighted by Gasteiger charge is -2.08. The molecule has 0 fully saturated rings. The van der Waals surface area contributed by atoms with Crippen LogP contribution in [0.5, 0.6) is 0 Å². The first-order valence-corrected chi connectivity index (χ1v) is 5.68. The predicted molar refractivity (Wildman–Crippen MR) is 68.1 cm³/mol. The van der Waals surface area contributed by atoms with Crippen LogP contribution in [0.4, 0.5) is 5.82 Å². The van der Waals surface area contributed by atoms with E-state index in [0.29, 0.717) is 17.5 Å². The van der Waals surface area contributed by atoms with E-state index in [9.17, 15) is 0 Å². The molecule has 0 saturated heterocycles. The van der Waals surface area contributed by atoms with Crippen molar-refractivity contribution in [3.05, 3.63) is 46.6 Å². The maximum absolute atomic E-state index is 6.02. The van der Waals surface area contributed by atoms with Gasteiger partial charge in [-0.1, -0.05) is 17.7 Å². The Morgan fingerprint density at radius 1 is 1.24 bits per heavy atom. The van der Waals surface area contributed by atoms with Gasteiger partial charge in [-0.15, -0.1) is 0 Å². The lowest BCUT2D eigenvalue weighted by molar-refractivity contribution is 1.01. The zero-order chi connectivity index (χ0) is 12.3. The Hall–Kier alpha value is -1.68. The summed E-state index contributed by atoms with van der Waals surface area (Å²) in [5.41, 5.74) is 2.80. The van der Waals surface area contributed by atoms with Crippen LogP contribution in [0.3, 0.4) is 0 Å². The second-order valence-electron chi connectivity index (χ2n) is 3.75. The van der Waals surface area contributed by atoms with Crippen LogP contribution in [0.25, 0.3) is 0 Å². The number of rotatable bonds is 3. The smallest absolute Gasteiger partial charge is 0.171 e. The molecule has 2 heterocycles. The highest BCUT2D eigenvalue weighted by atomic mass is 35.5. The number of halogens is 1. The van der Waals surface area contributed by atoms with E-state index in [2.05, 4.69) is 20.3 Å². The van der Waals surface area contributed by atoms with E-state index in [0.717, 1.165) is 17.0 Å². The minimum atomic E-state index is 0.400. The van der Waals surface area contributed by atoms with Crippen molar-refractivity contribution in [2.75, 3.05) is 5.32 Å². The Bertz CT molecular complexity index is 513. The summed E-state index contributed by atoms with van der Waals surface area (Å²) < 4.78 is 0. The Morgan fingerprint density at radius 2 is 2.00 bits per heavy atom. The molecule has 88 valence electrons. The fourth-order valence-corrected chi connectivity index (χ4v) is 1.61. The van der Waals surface area contributed by atoms with E-state index in [-0.39, 0.29) is 0 Å². The van der Waals surface area contributed by atoms with Gasteiger partial charge in [0.15, 0.2) is 11.0 Å². The van der Waals surface area contributed by atoms with Gasteiger partial charge in [-0.3, -0.25) is 4.98 Å². The maximum Gasteiger partial charge on any atom is 0.171 e. The largest absolute Gasteiger partial charge is 0.363 e. The van der Waals surface area contributed by atoms with Gasteiger partial charge in [0, 0.05) is 18.9 Å². The van der Waals surface area contributed by atoms with Crippen molar-refractivity contribution in [2.24, 2.45) is 0 Å². The van der Waals surface area contributed by atoms with E-state index in [1.165, 1.54) is 0 Å². The molecule has 0 aromatic carbocycles. The highest BCUT2D eigenvalue weighted by molar-refractivity contribution is 6.31. The van der Waals surface area contributed by atoms with Crippen molar-refractivity contribution < 1.29 is 0 Å². The third-order valence-corrected chi connectivity index (χ3v) is 2.71. The van der Waals surface area contributed by atoms with Gasteiger partial charge in [-0.05, 0) is 25.5 Å². The molecular weight excluding hydrogens is 236 g/mol. The molecule has 0 saturated carbocycles. The molecule has 0 bridgehead atoms.